The van der Waals surface area contributed by atoms with Gasteiger partial charge in [-0.25, -0.2) is 0 Å². The molecule has 0 aromatic rings. The molecule has 1 saturated heterocycles. The van der Waals surface area contributed by atoms with Crippen molar-refractivity contribution in [3.63, 3.8) is 0 Å². The minimum Gasteiger partial charge on any atom is -0.381 e. The maximum Gasteiger partial charge on any atom is 0.0646 e. The van der Waals surface area contributed by atoms with E-state index in [-0.39, 0.29) is 0 Å². The summed E-state index contributed by atoms with van der Waals surface area (Å²) in [4.78, 5) is 0. The number of methoxy groups -OCH3 is 1. The van der Waals surface area contributed by atoms with E-state index in [1.165, 1.54) is 0 Å². The summed E-state index contributed by atoms with van der Waals surface area (Å²) in [5, 5.41) is 3.36. The molecule has 1 atom stereocenters. The number of rotatable bonds is 1. The fourth-order valence-electron chi connectivity index (χ4n) is 1.59. The predicted molar refractivity (Wildman–Crippen MR) is 42.1 cm³/mol. The first kappa shape index (κ1) is 8.02. The van der Waals surface area contributed by atoms with E-state index in [2.05, 4.69) is 19.2 Å². The lowest BCUT2D eigenvalue weighted by Gasteiger charge is -2.37. The molecule has 1 aliphatic heterocycles. The molecule has 10 heavy (non-hydrogen) atoms. The largest absolute Gasteiger partial charge is 0.381 e. The second-order valence-electron chi connectivity index (χ2n) is 3.68. The van der Waals surface area contributed by atoms with Crippen molar-refractivity contribution in [1.29, 1.82) is 0 Å². The molecule has 0 saturated carbocycles. The number of ether oxygens (including phenoxy) is 1. The summed E-state index contributed by atoms with van der Waals surface area (Å²) in [6, 6.07) is 0. The molecule has 0 spiro atoms. The molecule has 1 unspecified atom stereocenters. The van der Waals surface area contributed by atoms with Crippen molar-refractivity contribution in [2.24, 2.45) is 5.41 Å². The third-order valence-corrected chi connectivity index (χ3v) is 2.32. The van der Waals surface area contributed by atoms with Crippen LogP contribution >= 0.6 is 0 Å². The minimum absolute atomic E-state index is 0.312. The zero-order chi connectivity index (χ0) is 7.61. The van der Waals surface area contributed by atoms with Crippen molar-refractivity contribution < 1.29 is 4.74 Å². The van der Waals surface area contributed by atoms with Crippen molar-refractivity contribution in [2.75, 3.05) is 20.2 Å². The zero-order valence-electron chi connectivity index (χ0n) is 7.11. The second kappa shape index (κ2) is 2.89. The van der Waals surface area contributed by atoms with Gasteiger partial charge >= 0.3 is 0 Å². The van der Waals surface area contributed by atoms with Crippen LogP contribution in [-0.4, -0.2) is 26.3 Å². The van der Waals surface area contributed by atoms with Crippen molar-refractivity contribution in [2.45, 2.75) is 26.4 Å². The Morgan fingerprint density at radius 2 is 2.20 bits per heavy atom. The lowest BCUT2D eigenvalue weighted by Crippen LogP contribution is -2.46. The molecule has 0 aliphatic carbocycles. The Labute approximate surface area is 63.0 Å². The number of nitrogens with one attached hydrogen (secondary N) is 1. The van der Waals surface area contributed by atoms with Crippen LogP contribution in [0.2, 0.25) is 0 Å². The molecule has 2 heteroatoms. The Bertz CT molecular complexity index is 112. The number of hydrogen-bond acceptors (Lipinski definition) is 2. The Morgan fingerprint density at radius 1 is 1.50 bits per heavy atom. The lowest BCUT2D eigenvalue weighted by atomic mass is 9.82. The van der Waals surface area contributed by atoms with Crippen LogP contribution in [0.5, 0.6) is 0 Å². The zero-order valence-corrected chi connectivity index (χ0v) is 7.11. The molecule has 1 N–H and O–H groups in total. The highest BCUT2D eigenvalue weighted by atomic mass is 16.5. The van der Waals surface area contributed by atoms with Gasteiger partial charge in [0.15, 0.2) is 0 Å². The van der Waals surface area contributed by atoms with Crippen LogP contribution in [0.4, 0.5) is 0 Å². The van der Waals surface area contributed by atoms with Gasteiger partial charge in [0.1, 0.15) is 0 Å². The summed E-state index contributed by atoms with van der Waals surface area (Å²) >= 11 is 0. The maximum atomic E-state index is 5.37. The third-order valence-electron chi connectivity index (χ3n) is 2.32. The predicted octanol–water partition coefficient (Wildman–Crippen LogP) is 1.02. The first-order chi connectivity index (χ1) is 4.67. The first-order valence-corrected chi connectivity index (χ1v) is 3.90. The van der Waals surface area contributed by atoms with Crippen molar-refractivity contribution in [3.05, 3.63) is 0 Å². The van der Waals surface area contributed by atoms with Crippen LogP contribution < -0.4 is 5.32 Å². The van der Waals surface area contributed by atoms with Crippen LogP contribution in [-0.2, 0) is 4.74 Å². The molecule has 1 fully saturated rings. The number of piperidine rings is 1. The molecule has 1 aliphatic rings. The van der Waals surface area contributed by atoms with Gasteiger partial charge in [0.25, 0.3) is 0 Å². The van der Waals surface area contributed by atoms with E-state index in [0.29, 0.717) is 11.5 Å². The van der Waals surface area contributed by atoms with E-state index in [4.69, 9.17) is 4.74 Å². The maximum absolute atomic E-state index is 5.37. The van der Waals surface area contributed by atoms with E-state index in [0.717, 1.165) is 19.5 Å². The van der Waals surface area contributed by atoms with Gasteiger partial charge in [-0.3, -0.25) is 0 Å². The van der Waals surface area contributed by atoms with Crippen molar-refractivity contribution >= 4 is 0 Å². The minimum atomic E-state index is 0.312. The SMILES string of the molecule is COC1CCNCC1(C)C. The van der Waals surface area contributed by atoms with E-state index in [1.54, 1.807) is 7.11 Å². The highest BCUT2D eigenvalue weighted by Crippen LogP contribution is 2.26. The van der Waals surface area contributed by atoms with Crippen LogP contribution in [0.15, 0.2) is 0 Å². The fourth-order valence-corrected chi connectivity index (χ4v) is 1.59. The van der Waals surface area contributed by atoms with Gasteiger partial charge in [-0.15, -0.1) is 0 Å². The lowest BCUT2D eigenvalue weighted by molar-refractivity contribution is -0.0136. The highest BCUT2D eigenvalue weighted by Gasteiger charge is 2.31. The smallest absolute Gasteiger partial charge is 0.0646 e. The summed E-state index contributed by atoms with van der Waals surface area (Å²) in [5.74, 6) is 0. The van der Waals surface area contributed by atoms with E-state index in [1.807, 2.05) is 0 Å². The molecule has 0 amide bonds. The normalized spacial score (nSPS) is 32.1. The fraction of sp³-hybridized carbons (Fsp3) is 1.00. The third kappa shape index (κ3) is 1.50. The first-order valence-electron chi connectivity index (χ1n) is 3.90. The van der Waals surface area contributed by atoms with Gasteiger partial charge in [-0.05, 0) is 13.0 Å². The molecule has 1 heterocycles. The standard InChI is InChI=1S/C8H17NO/c1-8(2)6-9-5-4-7(8)10-3/h7,9H,4-6H2,1-3H3. The van der Waals surface area contributed by atoms with Crippen LogP contribution in [0, 0.1) is 5.41 Å². The van der Waals surface area contributed by atoms with Gasteiger partial charge in [0.2, 0.25) is 0 Å². The molecule has 0 bridgehead atoms. The van der Waals surface area contributed by atoms with Crippen LogP contribution in [0.1, 0.15) is 20.3 Å². The monoisotopic (exact) mass is 143 g/mol. The Hall–Kier alpha value is -0.0800. The average Bonchev–Trinajstić information content (AvgIpc) is 1.87. The summed E-state index contributed by atoms with van der Waals surface area (Å²) in [6.07, 6.45) is 1.58. The highest BCUT2D eigenvalue weighted by molar-refractivity contribution is 4.85. The molecular formula is C8H17NO. The summed E-state index contributed by atoms with van der Waals surface area (Å²) < 4.78 is 5.37. The molecule has 1 rings (SSSR count). The molecular weight excluding hydrogens is 126 g/mol. The van der Waals surface area contributed by atoms with Gasteiger partial charge in [0, 0.05) is 19.1 Å². The molecule has 0 aromatic heterocycles. The molecule has 60 valence electrons. The Morgan fingerprint density at radius 3 is 2.60 bits per heavy atom. The summed E-state index contributed by atoms with van der Waals surface area (Å²) in [7, 11) is 1.80. The van der Waals surface area contributed by atoms with Crippen molar-refractivity contribution in [3.8, 4) is 0 Å². The number of hydrogen-bond donors (Lipinski definition) is 1. The molecule has 0 radical (unpaired) electrons. The molecule has 2 nitrogen and oxygen atoms in total. The topological polar surface area (TPSA) is 21.3 Å². The van der Waals surface area contributed by atoms with Gasteiger partial charge < -0.3 is 10.1 Å². The van der Waals surface area contributed by atoms with Crippen LogP contribution in [0.3, 0.4) is 0 Å². The van der Waals surface area contributed by atoms with Gasteiger partial charge in [-0.2, -0.15) is 0 Å². The van der Waals surface area contributed by atoms with E-state index >= 15 is 0 Å². The van der Waals surface area contributed by atoms with E-state index < -0.39 is 0 Å². The van der Waals surface area contributed by atoms with Gasteiger partial charge in [-0.1, -0.05) is 13.8 Å². The second-order valence-corrected chi connectivity index (χ2v) is 3.68. The summed E-state index contributed by atoms with van der Waals surface area (Å²) in [5.41, 5.74) is 0.312. The van der Waals surface area contributed by atoms with Crippen molar-refractivity contribution in [1.82, 2.24) is 5.32 Å². The molecule has 0 aromatic carbocycles. The Balaban J connectivity index is 2.51. The van der Waals surface area contributed by atoms with Crippen LogP contribution in [0.25, 0.3) is 0 Å². The summed E-state index contributed by atoms with van der Waals surface area (Å²) in [6.45, 7) is 6.66. The van der Waals surface area contributed by atoms with Gasteiger partial charge in [0.05, 0.1) is 6.10 Å². The average molecular weight is 143 g/mol. The Kier molecular flexibility index (Phi) is 2.32. The van der Waals surface area contributed by atoms with E-state index in [9.17, 15) is 0 Å². The quantitative estimate of drug-likeness (QED) is 0.591.